The van der Waals surface area contributed by atoms with Gasteiger partial charge in [0.25, 0.3) is 5.91 Å². The molecule has 0 spiro atoms. The second-order valence-corrected chi connectivity index (χ2v) is 7.41. The van der Waals surface area contributed by atoms with Crippen LogP contribution in [0.3, 0.4) is 0 Å². The Kier molecular flexibility index (Phi) is 6.44. The highest BCUT2D eigenvalue weighted by Gasteiger charge is 2.33. The number of hydrogen-bond donors (Lipinski definition) is 1. The Hall–Kier alpha value is -3.93. The van der Waals surface area contributed by atoms with E-state index in [2.05, 4.69) is 21.5 Å². The molecule has 0 aliphatic rings. The summed E-state index contributed by atoms with van der Waals surface area (Å²) in [6, 6.07) is 8.86. The average Bonchev–Trinajstić information content (AvgIpc) is 2.75. The van der Waals surface area contributed by atoms with Crippen LogP contribution in [-0.2, 0) is 6.18 Å². The van der Waals surface area contributed by atoms with Crippen molar-refractivity contribution >= 4 is 17.3 Å². The third-order valence-electron chi connectivity index (χ3n) is 4.75. The van der Waals surface area contributed by atoms with Gasteiger partial charge in [0.1, 0.15) is 5.69 Å². The summed E-state index contributed by atoms with van der Waals surface area (Å²) in [6.45, 7) is 5.66. The summed E-state index contributed by atoms with van der Waals surface area (Å²) in [4.78, 5) is 21.5. The standard InChI is InChI=1S/C23H20F3N5O/c1-14(2)31(13-27)19-8-17(11-28-12-19)20-10-18(5-4-15(20)3)30-22(32)16-6-7-29-21(9-16)23(24,25)26/h4-12,14H,1-3H3,(H,30,32). The molecule has 0 aliphatic carbocycles. The lowest BCUT2D eigenvalue weighted by atomic mass is 10.0. The molecular weight excluding hydrogens is 419 g/mol. The maximum atomic E-state index is 12.9. The minimum absolute atomic E-state index is 0.0503. The number of halogens is 3. The van der Waals surface area contributed by atoms with E-state index in [0.717, 1.165) is 22.9 Å². The summed E-state index contributed by atoms with van der Waals surface area (Å²) in [6.07, 6.45) is 1.68. The van der Waals surface area contributed by atoms with Gasteiger partial charge in [-0.2, -0.15) is 18.4 Å². The molecule has 9 heteroatoms. The first-order valence-corrected chi connectivity index (χ1v) is 9.70. The topological polar surface area (TPSA) is 81.9 Å². The number of rotatable bonds is 5. The number of nitrogens with zero attached hydrogens (tertiary/aromatic N) is 4. The Balaban J connectivity index is 1.91. The van der Waals surface area contributed by atoms with Gasteiger partial charge in [0.2, 0.25) is 0 Å². The molecule has 2 aromatic heterocycles. The van der Waals surface area contributed by atoms with Crippen molar-refractivity contribution in [3.63, 3.8) is 0 Å². The van der Waals surface area contributed by atoms with Gasteiger partial charge in [0.05, 0.1) is 11.9 Å². The fourth-order valence-electron chi connectivity index (χ4n) is 3.12. The maximum Gasteiger partial charge on any atom is 0.433 e. The van der Waals surface area contributed by atoms with Crippen molar-refractivity contribution in [3.05, 3.63) is 71.8 Å². The minimum atomic E-state index is -4.64. The predicted molar refractivity (Wildman–Crippen MR) is 115 cm³/mol. The molecule has 0 saturated carbocycles. The van der Waals surface area contributed by atoms with E-state index >= 15 is 0 Å². The Bertz CT molecular complexity index is 1180. The molecule has 32 heavy (non-hydrogen) atoms. The lowest BCUT2D eigenvalue weighted by molar-refractivity contribution is -0.141. The molecule has 6 nitrogen and oxygen atoms in total. The molecule has 1 amide bonds. The number of hydrogen-bond acceptors (Lipinski definition) is 5. The van der Waals surface area contributed by atoms with E-state index in [-0.39, 0.29) is 11.6 Å². The van der Waals surface area contributed by atoms with Crippen LogP contribution in [0.2, 0.25) is 0 Å². The number of pyridine rings is 2. The largest absolute Gasteiger partial charge is 0.433 e. The highest BCUT2D eigenvalue weighted by Crippen LogP contribution is 2.30. The smallest absolute Gasteiger partial charge is 0.322 e. The van der Waals surface area contributed by atoms with Gasteiger partial charge in [-0.15, -0.1) is 0 Å². The lowest BCUT2D eigenvalue weighted by Gasteiger charge is -2.20. The molecule has 3 rings (SSSR count). The van der Waals surface area contributed by atoms with Gasteiger partial charge >= 0.3 is 6.18 Å². The number of benzene rings is 1. The van der Waals surface area contributed by atoms with Crippen molar-refractivity contribution < 1.29 is 18.0 Å². The van der Waals surface area contributed by atoms with Gasteiger partial charge in [-0.25, -0.2) is 0 Å². The Labute approximate surface area is 183 Å². The van der Waals surface area contributed by atoms with Crippen molar-refractivity contribution in [3.8, 4) is 17.3 Å². The Morgan fingerprint density at radius 1 is 1.16 bits per heavy atom. The Morgan fingerprint density at radius 2 is 1.91 bits per heavy atom. The van der Waals surface area contributed by atoms with Crippen LogP contribution in [0, 0.1) is 18.4 Å². The van der Waals surface area contributed by atoms with Crippen molar-refractivity contribution in [1.82, 2.24) is 9.97 Å². The van der Waals surface area contributed by atoms with Gasteiger partial charge in [-0.3, -0.25) is 19.7 Å². The zero-order chi connectivity index (χ0) is 23.5. The summed E-state index contributed by atoms with van der Waals surface area (Å²) in [7, 11) is 0. The fraction of sp³-hybridized carbons (Fsp3) is 0.217. The molecular formula is C23H20F3N5O. The zero-order valence-electron chi connectivity index (χ0n) is 17.6. The van der Waals surface area contributed by atoms with Crippen molar-refractivity contribution in [1.29, 1.82) is 5.26 Å². The van der Waals surface area contributed by atoms with Crippen LogP contribution < -0.4 is 10.2 Å². The molecule has 2 heterocycles. The maximum absolute atomic E-state index is 12.9. The number of nitriles is 1. The van der Waals surface area contributed by atoms with Crippen LogP contribution in [0.4, 0.5) is 24.5 Å². The first-order valence-electron chi connectivity index (χ1n) is 9.70. The summed E-state index contributed by atoms with van der Waals surface area (Å²) in [5.41, 5.74) is 2.16. The molecule has 0 atom stereocenters. The van der Waals surface area contributed by atoms with E-state index in [4.69, 9.17) is 0 Å². The zero-order valence-corrected chi connectivity index (χ0v) is 17.6. The van der Waals surface area contributed by atoms with Crippen LogP contribution in [0.25, 0.3) is 11.1 Å². The van der Waals surface area contributed by atoms with Gasteiger partial charge in [0.15, 0.2) is 6.19 Å². The third kappa shape index (κ3) is 5.03. The predicted octanol–water partition coefficient (Wildman–Crippen LogP) is 5.42. The lowest BCUT2D eigenvalue weighted by Crippen LogP contribution is -2.25. The van der Waals surface area contributed by atoms with Crippen LogP contribution in [0.1, 0.15) is 35.5 Å². The number of amides is 1. The molecule has 0 saturated heterocycles. The number of carbonyl (C=O) groups excluding carboxylic acids is 1. The van der Waals surface area contributed by atoms with E-state index in [0.29, 0.717) is 17.4 Å². The summed E-state index contributed by atoms with van der Waals surface area (Å²) >= 11 is 0. The second-order valence-electron chi connectivity index (χ2n) is 7.41. The molecule has 0 unspecified atom stereocenters. The molecule has 1 aromatic carbocycles. The first kappa shape index (κ1) is 22.7. The highest BCUT2D eigenvalue weighted by molar-refractivity contribution is 6.04. The van der Waals surface area contributed by atoms with Crippen LogP contribution in [0.5, 0.6) is 0 Å². The van der Waals surface area contributed by atoms with Gasteiger partial charge in [-0.1, -0.05) is 6.07 Å². The summed E-state index contributed by atoms with van der Waals surface area (Å²) in [5, 5.41) is 12.0. The molecule has 0 fully saturated rings. The molecule has 0 aliphatic heterocycles. The number of alkyl halides is 3. The first-order chi connectivity index (χ1) is 15.1. The van der Waals surface area contributed by atoms with E-state index in [9.17, 15) is 23.2 Å². The molecule has 3 aromatic rings. The van der Waals surface area contributed by atoms with Gasteiger partial charge < -0.3 is 5.32 Å². The SMILES string of the molecule is Cc1ccc(NC(=O)c2ccnc(C(F)(F)F)c2)cc1-c1cncc(N(C#N)C(C)C)c1. The van der Waals surface area contributed by atoms with Gasteiger partial charge in [-0.05, 0) is 62.2 Å². The quantitative estimate of drug-likeness (QED) is 0.424. The minimum Gasteiger partial charge on any atom is -0.322 e. The van der Waals surface area contributed by atoms with E-state index in [1.54, 1.807) is 30.6 Å². The second kappa shape index (κ2) is 9.06. The highest BCUT2D eigenvalue weighted by atomic mass is 19.4. The van der Waals surface area contributed by atoms with Crippen molar-refractivity contribution in [2.45, 2.75) is 33.0 Å². The van der Waals surface area contributed by atoms with Crippen LogP contribution in [-0.4, -0.2) is 21.9 Å². The molecule has 0 radical (unpaired) electrons. The number of aryl methyl sites for hydroxylation is 1. The molecule has 1 N–H and O–H groups in total. The summed E-state index contributed by atoms with van der Waals surface area (Å²) < 4.78 is 38.7. The average molecular weight is 439 g/mol. The molecule has 0 bridgehead atoms. The normalized spacial score (nSPS) is 11.2. The third-order valence-corrected chi connectivity index (χ3v) is 4.75. The number of nitrogens with one attached hydrogen (secondary N) is 1. The number of aromatic nitrogens is 2. The number of carbonyl (C=O) groups is 1. The summed E-state index contributed by atoms with van der Waals surface area (Å²) in [5.74, 6) is -0.685. The van der Waals surface area contributed by atoms with Crippen molar-refractivity contribution in [2.75, 3.05) is 10.2 Å². The van der Waals surface area contributed by atoms with E-state index in [1.807, 2.05) is 26.8 Å². The van der Waals surface area contributed by atoms with Crippen LogP contribution >= 0.6 is 0 Å². The van der Waals surface area contributed by atoms with E-state index in [1.165, 1.54) is 11.0 Å². The van der Waals surface area contributed by atoms with Gasteiger partial charge in [0, 0.05) is 35.2 Å². The Morgan fingerprint density at radius 3 is 2.56 bits per heavy atom. The fourth-order valence-corrected chi connectivity index (χ4v) is 3.12. The molecule has 164 valence electrons. The van der Waals surface area contributed by atoms with E-state index < -0.39 is 17.8 Å². The number of anilines is 2. The van der Waals surface area contributed by atoms with Crippen molar-refractivity contribution in [2.24, 2.45) is 0 Å². The monoisotopic (exact) mass is 439 g/mol. The van der Waals surface area contributed by atoms with Crippen LogP contribution in [0.15, 0.2) is 55.0 Å².